The molecule has 1 aromatic rings. The molecule has 2 rings (SSSR count). The largest absolute Gasteiger partial charge is 0.348 e. The summed E-state index contributed by atoms with van der Waals surface area (Å²) in [5.74, 6) is 5.37. The highest BCUT2D eigenvalue weighted by Gasteiger charge is 2.65. The molecule has 1 saturated carbocycles. The van der Waals surface area contributed by atoms with E-state index in [0.29, 0.717) is 5.56 Å². The van der Waals surface area contributed by atoms with E-state index in [9.17, 15) is 4.79 Å². The topological polar surface area (TPSA) is 67.2 Å². The highest BCUT2D eigenvalue weighted by molar-refractivity contribution is 5.95. The van der Waals surface area contributed by atoms with Crippen molar-refractivity contribution in [3.8, 4) is 0 Å². The predicted octanol–water partition coefficient (Wildman–Crippen LogP) is 2.45. The number of benzene rings is 1. The predicted molar refractivity (Wildman–Crippen MR) is 77.8 cm³/mol. The van der Waals surface area contributed by atoms with Crippen LogP contribution in [-0.2, 0) is 0 Å². The molecule has 1 fully saturated rings. The summed E-state index contributed by atoms with van der Waals surface area (Å²) >= 11 is 0. The minimum absolute atomic E-state index is 0.0182. The van der Waals surface area contributed by atoms with Crippen molar-refractivity contribution in [2.75, 3.05) is 5.43 Å². The minimum Gasteiger partial charge on any atom is -0.348 e. The van der Waals surface area contributed by atoms with Crippen LogP contribution in [0.5, 0.6) is 0 Å². The quantitative estimate of drug-likeness (QED) is 0.578. The first-order chi connectivity index (χ1) is 8.71. The van der Waals surface area contributed by atoms with Crippen LogP contribution in [-0.4, -0.2) is 11.9 Å². The fourth-order valence-electron chi connectivity index (χ4n) is 2.74. The number of nitrogens with two attached hydrogens (primary N) is 1. The summed E-state index contributed by atoms with van der Waals surface area (Å²) in [5.41, 5.74) is 5.38. The maximum atomic E-state index is 12.3. The Morgan fingerprint density at radius 2 is 1.79 bits per heavy atom. The first kappa shape index (κ1) is 13.9. The number of nitrogens with one attached hydrogen (secondary N) is 2. The van der Waals surface area contributed by atoms with E-state index in [0.717, 1.165) is 11.3 Å². The van der Waals surface area contributed by atoms with Crippen molar-refractivity contribution in [2.24, 2.45) is 16.7 Å². The summed E-state index contributed by atoms with van der Waals surface area (Å²) in [6.45, 7) is 10.7. The average Bonchev–Trinajstić information content (AvgIpc) is 2.71. The number of aryl methyl sites for hydroxylation is 1. The highest BCUT2D eigenvalue weighted by Crippen LogP contribution is 2.62. The van der Waals surface area contributed by atoms with E-state index in [4.69, 9.17) is 5.84 Å². The number of hydrogen-bond acceptors (Lipinski definition) is 3. The summed E-state index contributed by atoms with van der Waals surface area (Å²) in [5, 5.41) is 3.12. The molecule has 0 atom stereocenters. The van der Waals surface area contributed by atoms with Gasteiger partial charge in [-0.2, -0.15) is 0 Å². The summed E-state index contributed by atoms with van der Waals surface area (Å²) in [6.07, 6.45) is 0. The number of carbonyl (C=O) groups is 1. The van der Waals surface area contributed by atoms with Gasteiger partial charge in [0.15, 0.2) is 0 Å². The number of hydrogen-bond donors (Lipinski definition) is 3. The van der Waals surface area contributed by atoms with E-state index in [2.05, 4.69) is 38.4 Å². The van der Waals surface area contributed by atoms with Crippen LogP contribution in [0.1, 0.15) is 43.6 Å². The summed E-state index contributed by atoms with van der Waals surface area (Å²) in [6, 6.07) is 5.69. The summed E-state index contributed by atoms with van der Waals surface area (Å²) in [4.78, 5) is 12.3. The van der Waals surface area contributed by atoms with Gasteiger partial charge in [-0.3, -0.25) is 10.6 Å². The lowest BCUT2D eigenvalue weighted by molar-refractivity contribution is 0.0943. The fourth-order valence-corrected chi connectivity index (χ4v) is 2.74. The van der Waals surface area contributed by atoms with Crippen molar-refractivity contribution in [1.82, 2.24) is 5.32 Å². The molecule has 4 heteroatoms. The SMILES string of the molecule is Cc1cc(C(=O)NC2C(C)(C)C2(C)C)ccc1NN. The van der Waals surface area contributed by atoms with Crippen molar-refractivity contribution in [2.45, 2.75) is 40.7 Å². The number of hydrazine groups is 1. The van der Waals surface area contributed by atoms with E-state index in [1.54, 1.807) is 6.07 Å². The maximum Gasteiger partial charge on any atom is 0.251 e. The van der Waals surface area contributed by atoms with Gasteiger partial charge in [-0.25, -0.2) is 0 Å². The van der Waals surface area contributed by atoms with Gasteiger partial charge >= 0.3 is 0 Å². The Bertz CT molecular complexity index is 506. The Labute approximate surface area is 114 Å². The standard InChI is InChI=1S/C15H23N3O/c1-9-8-10(6-7-11(9)18-16)12(19)17-13-14(2,3)15(13,4)5/h6-8,13,18H,16H2,1-5H3,(H,17,19). The molecular weight excluding hydrogens is 238 g/mol. The fraction of sp³-hybridized carbons (Fsp3) is 0.533. The van der Waals surface area contributed by atoms with Crippen LogP contribution in [0.25, 0.3) is 0 Å². The Hall–Kier alpha value is -1.55. The molecule has 0 aromatic heterocycles. The van der Waals surface area contributed by atoms with Gasteiger partial charge in [-0.05, 0) is 41.5 Å². The van der Waals surface area contributed by atoms with Crippen molar-refractivity contribution in [3.05, 3.63) is 29.3 Å². The molecule has 0 bridgehead atoms. The van der Waals surface area contributed by atoms with Crippen LogP contribution in [0, 0.1) is 17.8 Å². The van der Waals surface area contributed by atoms with E-state index < -0.39 is 0 Å². The lowest BCUT2D eigenvalue weighted by Crippen LogP contribution is -2.29. The molecule has 4 nitrogen and oxygen atoms in total. The molecule has 1 aliphatic carbocycles. The highest BCUT2D eigenvalue weighted by atomic mass is 16.1. The van der Waals surface area contributed by atoms with Crippen LogP contribution in [0.15, 0.2) is 18.2 Å². The Morgan fingerprint density at radius 1 is 1.21 bits per heavy atom. The third-order valence-corrected chi connectivity index (χ3v) is 4.94. The Balaban J connectivity index is 2.12. The van der Waals surface area contributed by atoms with Crippen LogP contribution < -0.4 is 16.6 Å². The second kappa shape index (κ2) is 4.23. The van der Waals surface area contributed by atoms with Gasteiger partial charge in [0, 0.05) is 11.6 Å². The second-order valence-corrected chi connectivity index (χ2v) is 6.52. The van der Waals surface area contributed by atoms with Crippen molar-refractivity contribution < 1.29 is 4.79 Å². The van der Waals surface area contributed by atoms with Crippen LogP contribution in [0.2, 0.25) is 0 Å². The molecular formula is C15H23N3O. The smallest absolute Gasteiger partial charge is 0.251 e. The number of nitrogen functional groups attached to an aromatic ring is 1. The second-order valence-electron chi connectivity index (χ2n) is 6.52. The van der Waals surface area contributed by atoms with Crippen LogP contribution >= 0.6 is 0 Å². The molecule has 0 aliphatic heterocycles. The first-order valence-electron chi connectivity index (χ1n) is 6.60. The minimum atomic E-state index is -0.0182. The molecule has 0 unspecified atom stereocenters. The van der Waals surface area contributed by atoms with E-state index in [1.807, 2.05) is 19.1 Å². The average molecular weight is 261 g/mol. The maximum absolute atomic E-state index is 12.3. The molecule has 0 spiro atoms. The Morgan fingerprint density at radius 3 is 2.21 bits per heavy atom. The van der Waals surface area contributed by atoms with Crippen LogP contribution in [0.3, 0.4) is 0 Å². The zero-order chi connectivity index (χ0) is 14.4. The first-order valence-corrected chi connectivity index (χ1v) is 6.60. The lowest BCUT2D eigenvalue weighted by Gasteiger charge is -2.10. The Kier molecular flexibility index (Phi) is 3.09. The van der Waals surface area contributed by atoms with Gasteiger partial charge in [0.25, 0.3) is 5.91 Å². The van der Waals surface area contributed by atoms with Gasteiger partial charge < -0.3 is 10.7 Å². The molecule has 0 radical (unpaired) electrons. The number of rotatable bonds is 3. The molecule has 0 saturated heterocycles. The van der Waals surface area contributed by atoms with Gasteiger partial charge in [-0.15, -0.1) is 0 Å². The summed E-state index contributed by atoms with van der Waals surface area (Å²) < 4.78 is 0. The monoisotopic (exact) mass is 261 g/mol. The van der Waals surface area contributed by atoms with Gasteiger partial charge in [0.2, 0.25) is 0 Å². The van der Waals surface area contributed by atoms with Gasteiger partial charge in [0.1, 0.15) is 0 Å². The molecule has 1 aliphatic rings. The van der Waals surface area contributed by atoms with E-state index >= 15 is 0 Å². The molecule has 4 N–H and O–H groups in total. The molecule has 1 amide bonds. The van der Waals surface area contributed by atoms with Gasteiger partial charge in [-0.1, -0.05) is 27.7 Å². The summed E-state index contributed by atoms with van der Waals surface area (Å²) in [7, 11) is 0. The van der Waals surface area contributed by atoms with Crippen molar-refractivity contribution in [1.29, 1.82) is 0 Å². The number of anilines is 1. The third-order valence-electron chi connectivity index (χ3n) is 4.94. The third kappa shape index (κ3) is 2.10. The van der Waals surface area contributed by atoms with E-state index in [1.165, 1.54) is 0 Å². The van der Waals surface area contributed by atoms with E-state index in [-0.39, 0.29) is 22.8 Å². The molecule has 104 valence electrons. The lowest BCUT2D eigenvalue weighted by atomic mass is 10.0. The van der Waals surface area contributed by atoms with Gasteiger partial charge in [0.05, 0.1) is 5.69 Å². The molecule has 19 heavy (non-hydrogen) atoms. The van der Waals surface area contributed by atoms with Crippen molar-refractivity contribution >= 4 is 11.6 Å². The normalized spacial score (nSPS) is 19.9. The molecule has 1 aromatic carbocycles. The zero-order valence-electron chi connectivity index (χ0n) is 12.3. The molecule has 0 heterocycles. The zero-order valence-corrected chi connectivity index (χ0v) is 12.3. The van der Waals surface area contributed by atoms with Crippen molar-refractivity contribution in [3.63, 3.8) is 0 Å². The number of carbonyl (C=O) groups excluding carboxylic acids is 1. The van der Waals surface area contributed by atoms with Crippen LogP contribution in [0.4, 0.5) is 5.69 Å². The number of amides is 1.